The molecule has 1 aliphatic rings. The lowest BCUT2D eigenvalue weighted by atomic mass is 10.2. The predicted molar refractivity (Wildman–Crippen MR) is 95.1 cm³/mol. The van der Waals surface area contributed by atoms with Crippen molar-refractivity contribution in [3.05, 3.63) is 59.1 Å². The van der Waals surface area contributed by atoms with Crippen molar-refractivity contribution in [1.29, 1.82) is 0 Å². The Bertz CT molecular complexity index is 764. The number of carbonyl (C=O) groups excluding carboxylic acids is 1. The van der Waals surface area contributed by atoms with Gasteiger partial charge in [0.1, 0.15) is 11.6 Å². The van der Waals surface area contributed by atoms with Crippen LogP contribution in [0.3, 0.4) is 0 Å². The number of nitrogens with zero attached hydrogens (tertiary/aromatic N) is 2. The maximum absolute atomic E-state index is 13.8. The first kappa shape index (κ1) is 17.6. The summed E-state index contributed by atoms with van der Waals surface area (Å²) in [4.78, 5) is 16.1. The zero-order valence-electron chi connectivity index (χ0n) is 13.5. The van der Waals surface area contributed by atoms with Crippen molar-refractivity contribution in [3.8, 4) is 0 Å². The van der Waals surface area contributed by atoms with Crippen molar-refractivity contribution < 1.29 is 13.6 Å². The van der Waals surface area contributed by atoms with Crippen LogP contribution in [0.1, 0.15) is 0 Å². The third-order valence-corrected chi connectivity index (χ3v) is 4.43. The summed E-state index contributed by atoms with van der Waals surface area (Å²) in [7, 11) is 0. The molecule has 2 aromatic carbocycles. The lowest BCUT2D eigenvalue weighted by Crippen LogP contribution is -2.48. The molecule has 0 aliphatic carbocycles. The fourth-order valence-electron chi connectivity index (χ4n) is 2.83. The maximum Gasteiger partial charge on any atom is 0.238 e. The van der Waals surface area contributed by atoms with Gasteiger partial charge in [-0.15, -0.1) is 0 Å². The minimum atomic E-state index is -0.524. The van der Waals surface area contributed by atoms with Crippen LogP contribution in [0, 0.1) is 11.6 Å². The number of amides is 1. The highest BCUT2D eigenvalue weighted by Gasteiger charge is 2.20. The van der Waals surface area contributed by atoms with E-state index < -0.39 is 5.82 Å². The van der Waals surface area contributed by atoms with E-state index in [9.17, 15) is 13.6 Å². The van der Waals surface area contributed by atoms with Crippen LogP contribution in [-0.2, 0) is 4.79 Å². The van der Waals surface area contributed by atoms with Gasteiger partial charge in [0, 0.05) is 31.9 Å². The minimum absolute atomic E-state index is 0.0312. The lowest BCUT2D eigenvalue weighted by Gasteiger charge is -2.35. The summed E-state index contributed by atoms with van der Waals surface area (Å²) in [6.45, 7) is 2.84. The Morgan fingerprint density at radius 3 is 2.44 bits per heavy atom. The largest absolute Gasteiger partial charge is 0.367 e. The number of hydrogen-bond donors (Lipinski definition) is 1. The van der Waals surface area contributed by atoms with Gasteiger partial charge in [-0.2, -0.15) is 0 Å². The zero-order valence-corrected chi connectivity index (χ0v) is 14.3. The monoisotopic (exact) mass is 365 g/mol. The summed E-state index contributed by atoms with van der Waals surface area (Å²) in [6, 6.07) is 10.7. The number of para-hydroxylation sites is 1. The second-order valence-electron chi connectivity index (χ2n) is 5.89. The molecule has 1 saturated heterocycles. The van der Waals surface area contributed by atoms with Crippen LogP contribution in [0.25, 0.3) is 0 Å². The smallest absolute Gasteiger partial charge is 0.238 e. The van der Waals surface area contributed by atoms with E-state index in [0.29, 0.717) is 37.6 Å². The standard InChI is InChI=1S/C18H18ClF2N3O/c19-14-11-13(5-6-15(14)20)22-18(25)12-23-7-9-24(10-8-23)17-4-2-1-3-16(17)21/h1-6,11H,7-10,12H2,(H,22,25). The van der Waals surface area contributed by atoms with E-state index in [4.69, 9.17) is 11.6 Å². The molecule has 0 radical (unpaired) electrons. The first-order valence-corrected chi connectivity index (χ1v) is 8.37. The normalized spacial score (nSPS) is 15.2. The van der Waals surface area contributed by atoms with E-state index in [1.807, 2.05) is 15.9 Å². The first-order valence-electron chi connectivity index (χ1n) is 7.99. The zero-order chi connectivity index (χ0) is 17.8. The van der Waals surface area contributed by atoms with Crippen LogP contribution >= 0.6 is 11.6 Å². The number of anilines is 2. The van der Waals surface area contributed by atoms with E-state index >= 15 is 0 Å². The fourth-order valence-corrected chi connectivity index (χ4v) is 3.01. The molecule has 0 bridgehead atoms. The highest BCUT2D eigenvalue weighted by Crippen LogP contribution is 2.21. The number of piperazine rings is 1. The fraction of sp³-hybridized carbons (Fsp3) is 0.278. The van der Waals surface area contributed by atoms with E-state index in [2.05, 4.69) is 5.32 Å². The molecule has 132 valence electrons. The van der Waals surface area contributed by atoms with Gasteiger partial charge in [0.2, 0.25) is 5.91 Å². The van der Waals surface area contributed by atoms with Crippen molar-refractivity contribution >= 4 is 28.9 Å². The van der Waals surface area contributed by atoms with E-state index in [-0.39, 0.29) is 23.3 Å². The summed E-state index contributed by atoms with van der Waals surface area (Å²) in [6.07, 6.45) is 0. The summed E-state index contributed by atoms with van der Waals surface area (Å²) in [5.41, 5.74) is 1.05. The summed E-state index contributed by atoms with van der Waals surface area (Å²) in [5, 5.41) is 2.67. The predicted octanol–water partition coefficient (Wildman–Crippen LogP) is 3.38. The molecule has 25 heavy (non-hydrogen) atoms. The van der Waals surface area contributed by atoms with Crippen LogP contribution in [-0.4, -0.2) is 43.5 Å². The van der Waals surface area contributed by atoms with Gasteiger partial charge in [-0.25, -0.2) is 8.78 Å². The molecule has 3 rings (SSSR count). The molecule has 0 saturated carbocycles. The van der Waals surface area contributed by atoms with Gasteiger partial charge >= 0.3 is 0 Å². The quantitative estimate of drug-likeness (QED) is 0.902. The summed E-state index contributed by atoms with van der Waals surface area (Å²) >= 11 is 5.70. The Hall–Kier alpha value is -2.18. The van der Waals surface area contributed by atoms with Crippen LogP contribution in [0.15, 0.2) is 42.5 Å². The minimum Gasteiger partial charge on any atom is -0.367 e. The average Bonchev–Trinajstić information content (AvgIpc) is 2.59. The Morgan fingerprint density at radius 2 is 1.76 bits per heavy atom. The highest BCUT2D eigenvalue weighted by molar-refractivity contribution is 6.31. The summed E-state index contributed by atoms with van der Waals surface area (Å²) in [5.74, 6) is -0.951. The molecule has 7 heteroatoms. The number of nitrogens with one attached hydrogen (secondary N) is 1. The van der Waals surface area contributed by atoms with Gasteiger partial charge < -0.3 is 10.2 Å². The number of halogens is 3. The van der Waals surface area contributed by atoms with Crippen molar-refractivity contribution in [2.45, 2.75) is 0 Å². The first-order chi connectivity index (χ1) is 12.0. The molecule has 1 heterocycles. The number of benzene rings is 2. The number of carbonyl (C=O) groups is 1. The van der Waals surface area contributed by atoms with E-state index in [1.54, 1.807) is 12.1 Å². The topological polar surface area (TPSA) is 35.6 Å². The third kappa shape index (κ3) is 4.46. The highest BCUT2D eigenvalue weighted by atomic mass is 35.5. The number of hydrogen-bond acceptors (Lipinski definition) is 3. The molecule has 0 unspecified atom stereocenters. The molecule has 4 nitrogen and oxygen atoms in total. The van der Waals surface area contributed by atoms with Crippen molar-refractivity contribution in [3.63, 3.8) is 0 Å². The molecular formula is C18H18ClF2N3O. The van der Waals surface area contributed by atoms with Crippen molar-refractivity contribution in [2.24, 2.45) is 0 Å². The molecular weight excluding hydrogens is 348 g/mol. The second kappa shape index (κ2) is 7.80. The maximum atomic E-state index is 13.8. The SMILES string of the molecule is O=C(CN1CCN(c2ccccc2F)CC1)Nc1ccc(F)c(Cl)c1. The molecule has 1 N–H and O–H groups in total. The molecule has 2 aromatic rings. The summed E-state index contributed by atoms with van der Waals surface area (Å²) < 4.78 is 27.0. The molecule has 0 atom stereocenters. The van der Waals surface area contributed by atoms with Gasteiger partial charge in [-0.3, -0.25) is 9.69 Å². The molecule has 0 spiro atoms. The number of rotatable bonds is 4. The van der Waals surface area contributed by atoms with Gasteiger partial charge in [0.25, 0.3) is 0 Å². The average molecular weight is 366 g/mol. The lowest BCUT2D eigenvalue weighted by molar-refractivity contribution is -0.117. The Morgan fingerprint density at radius 1 is 1.04 bits per heavy atom. The van der Waals surface area contributed by atoms with Crippen LogP contribution < -0.4 is 10.2 Å². The molecule has 0 aromatic heterocycles. The Labute approximate surface area is 150 Å². The van der Waals surface area contributed by atoms with Gasteiger partial charge in [-0.05, 0) is 30.3 Å². The molecule has 1 aliphatic heterocycles. The Balaban J connectivity index is 1.51. The second-order valence-corrected chi connectivity index (χ2v) is 6.30. The third-order valence-electron chi connectivity index (χ3n) is 4.14. The van der Waals surface area contributed by atoms with Crippen molar-refractivity contribution in [1.82, 2.24) is 4.90 Å². The van der Waals surface area contributed by atoms with Gasteiger partial charge in [-0.1, -0.05) is 23.7 Å². The van der Waals surface area contributed by atoms with Gasteiger partial charge in [0.05, 0.1) is 17.3 Å². The van der Waals surface area contributed by atoms with E-state index in [0.717, 1.165) is 0 Å². The van der Waals surface area contributed by atoms with Crippen LogP contribution in [0.2, 0.25) is 5.02 Å². The molecule has 1 fully saturated rings. The van der Waals surface area contributed by atoms with Crippen molar-refractivity contribution in [2.75, 3.05) is 42.9 Å². The van der Waals surface area contributed by atoms with Crippen LogP contribution in [0.4, 0.5) is 20.2 Å². The van der Waals surface area contributed by atoms with Gasteiger partial charge in [0.15, 0.2) is 0 Å². The molecule has 1 amide bonds. The van der Waals surface area contributed by atoms with E-state index in [1.165, 1.54) is 24.3 Å². The van der Waals surface area contributed by atoms with Crippen LogP contribution in [0.5, 0.6) is 0 Å². The Kier molecular flexibility index (Phi) is 5.50.